The van der Waals surface area contributed by atoms with Crippen LogP contribution in [0.3, 0.4) is 0 Å². The molecule has 0 bridgehead atoms. The van der Waals surface area contributed by atoms with Crippen LogP contribution in [0.15, 0.2) is 78.9 Å². The topological polar surface area (TPSA) is 58.6 Å². The molecular formula is C32H36ClFN2O3. The van der Waals surface area contributed by atoms with Gasteiger partial charge in [0, 0.05) is 30.5 Å². The summed E-state index contributed by atoms with van der Waals surface area (Å²) in [6, 6.07) is 22.4. The van der Waals surface area contributed by atoms with Crippen molar-refractivity contribution >= 4 is 23.4 Å². The molecule has 0 aromatic heterocycles. The summed E-state index contributed by atoms with van der Waals surface area (Å²) in [5, 5.41) is 3.86. The highest BCUT2D eigenvalue weighted by Gasteiger charge is 2.31. The molecule has 0 aliphatic heterocycles. The second-order valence-electron chi connectivity index (χ2n) is 10.1. The molecule has 1 fully saturated rings. The average Bonchev–Trinajstić information content (AvgIpc) is 2.96. The second-order valence-corrected chi connectivity index (χ2v) is 10.5. The van der Waals surface area contributed by atoms with Crippen LogP contribution >= 0.6 is 11.6 Å². The minimum Gasteiger partial charge on any atom is -0.494 e. The van der Waals surface area contributed by atoms with E-state index in [2.05, 4.69) is 5.32 Å². The van der Waals surface area contributed by atoms with Crippen molar-refractivity contribution in [2.75, 3.05) is 6.61 Å². The van der Waals surface area contributed by atoms with Crippen LogP contribution in [0.1, 0.15) is 56.1 Å². The first-order valence-corrected chi connectivity index (χ1v) is 14.1. The SMILES string of the molecule is O=C(NC1CCCCC1)[C@H](Cc1ccccc1)N(Cc1ccc(F)cc1)C(=O)CCCOc1ccc(Cl)cc1. The fraction of sp³-hybridized carbons (Fsp3) is 0.375. The summed E-state index contributed by atoms with van der Waals surface area (Å²) < 4.78 is 19.4. The Labute approximate surface area is 235 Å². The van der Waals surface area contributed by atoms with E-state index in [0.29, 0.717) is 30.2 Å². The third-order valence-corrected chi connectivity index (χ3v) is 7.36. The molecule has 1 saturated carbocycles. The number of carbonyl (C=O) groups is 2. The van der Waals surface area contributed by atoms with Gasteiger partial charge in [0.05, 0.1) is 6.61 Å². The van der Waals surface area contributed by atoms with Crippen molar-refractivity contribution in [3.05, 3.63) is 101 Å². The number of halogens is 2. The number of amides is 2. The van der Waals surface area contributed by atoms with Crippen LogP contribution < -0.4 is 10.1 Å². The molecule has 0 saturated heterocycles. The fourth-order valence-corrected chi connectivity index (χ4v) is 5.10. The van der Waals surface area contributed by atoms with Gasteiger partial charge in [-0.15, -0.1) is 0 Å². The summed E-state index contributed by atoms with van der Waals surface area (Å²) in [6.45, 7) is 0.572. The van der Waals surface area contributed by atoms with Crippen LogP contribution in [0.5, 0.6) is 5.75 Å². The lowest BCUT2D eigenvalue weighted by Gasteiger charge is -2.33. The van der Waals surface area contributed by atoms with Crippen molar-refractivity contribution in [3.8, 4) is 5.75 Å². The number of rotatable bonds is 12. The molecule has 0 spiro atoms. The van der Waals surface area contributed by atoms with Gasteiger partial charge in [-0.05, 0) is 66.8 Å². The Hall–Kier alpha value is -3.38. The van der Waals surface area contributed by atoms with Crippen LogP contribution in [-0.2, 0) is 22.6 Å². The summed E-state index contributed by atoms with van der Waals surface area (Å²) in [5.74, 6) is 0.0630. The molecule has 0 radical (unpaired) electrons. The molecule has 206 valence electrons. The summed E-state index contributed by atoms with van der Waals surface area (Å²) in [7, 11) is 0. The lowest BCUT2D eigenvalue weighted by Crippen LogP contribution is -2.52. The molecule has 0 heterocycles. The molecule has 39 heavy (non-hydrogen) atoms. The molecule has 3 aromatic carbocycles. The molecule has 1 aliphatic rings. The predicted octanol–water partition coefficient (Wildman–Crippen LogP) is 6.73. The van der Waals surface area contributed by atoms with E-state index >= 15 is 0 Å². The Morgan fingerprint density at radius 1 is 0.923 bits per heavy atom. The maximum absolute atomic E-state index is 13.7. The van der Waals surface area contributed by atoms with Crippen LogP contribution in [0.2, 0.25) is 5.02 Å². The van der Waals surface area contributed by atoms with E-state index in [1.54, 1.807) is 41.3 Å². The van der Waals surface area contributed by atoms with Gasteiger partial charge >= 0.3 is 0 Å². The highest BCUT2D eigenvalue weighted by molar-refractivity contribution is 6.30. The molecule has 0 unspecified atom stereocenters. The van der Waals surface area contributed by atoms with Crippen molar-refractivity contribution in [2.45, 2.75) is 70.0 Å². The lowest BCUT2D eigenvalue weighted by atomic mass is 9.94. The number of nitrogens with one attached hydrogen (secondary N) is 1. The first-order chi connectivity index (χ1) is 19.0. The predicted molar refractivity (Wildman–Crippen MR) is 152 cm³/mol. The van der Waals surface area contributed by atoms with E-state index in [4.69, 9.17) is 16.3 Å². The zero-order valence-electron chi connectivity index (χ0n) is 22.2. The highest BCUT2D eigenvalue weighted by atomic mass is 35.5. The monoisotopic (exact) mass is 550 g/mol. The first kappa shape index (κ1) is 28.6. The molecule has 7 heteroatoms. The van der Waals surface area contributed by atoms with Gasteiger partial charge in [-0.1, -0.05) is 73.3 Å². The molecular weight excluding hydrogens is 515 g/mol. The van der Waals surface area contributed by atoms with Gasteiger partial charge in [0.2, 0.25) is 11.8 Å². The van der Waals surface area contributed by atoms with Crippen molar-refractivity contribution in [2.24, 2.45) is 0 Å². The van der Waals surface area contributed by atoms with E-state index < -0.39 is 6.04 Å². The number of hydrogen-bond acceptors (Lipinski definition) is 3. The molecule has 1 aliphatic carbocycles. The van der Waals surface area contributed by atoms with Gasteiger partial charge in [-0.2, -0.15) is 0 Å². The van der Waals surface area contributed by atoms with E-state index in [-0.39, 0.29) is 36.6 Å². The Morgan fingerprint density at radius 2 is 1.62 bits per heavy atom. The molecule has 4 rings (SSSR count). The summed E-state index contributed by atoms with van der Waals surface area (Å²) in [6.07, 6.45) is 6.40. The van der Waals surface area contributed by atoms with Gasteiger partial charge in [0.1, 0.15) is 17.6 Å². The van der Waals surface area contributed by atoms with Gasteiger partial charge in [0.25, 0.3) is 0 Å². The van der Waals surface area contributed by atoms with Crippen LogP contribution in [-0.4, -0.2) is 35.4 Å². The summed E-state index contributed by atoms with van der Waals surface area (Å²) >= 11 is 5.94. The van der Waals surface area contributed by atoms with E-state index in [0.717, 1.165) is 36.8 Å². The van der Waals surface area contributed by atoms with Gasteiger partial charge in [0.15, 0.2) is 0 Å². The van der Waals surface area contributed by atoms with E-state index in [9.17, 15) is 14.0 Å². The molecule has 1 atom stereocenters. The molecule has 3 aromatic rings. The quantitative estimate of drug-likeness (QED) is 0.254. The zero-order valence-corrected chi connectivity index (χ0v) is 22.9. The summed E-state index contributed by atoms with van der Waals surface area (Å²) in [4.78, 5) is 29.1. The maximum atomic E-state index is 13.7. The van der Waals surface area contributed by atoms with Crippen LogP contribution in [0, 0.1) is 5.82 Å². The van der Waals surface area contributed by atoms with Gasteiger partial charge in [-0.3, -0.25) is 9.59 Å². The Balaban J connectivity index is 1.51. The number of nitrogens with zero attached hydrogens (tertiary/aromatic N) is 1. The Morgan fingerprint density at radius 3 is 2.31 bits per heavy atom. The third kappa shape index (κ3) is 9.10. The van der Waals surface area contributed by atoms with Crippen molar-refractivity contribution in [1.82, 2.24) is 10.2 Å². The largest absolute Gasteiger partial charge is 0.494 e. The first-order valence-electron chi connectivity index (χ1n) is 13.7. The van der Waals surface area contributed by atoms with Crippen molar-refractivity contribution < 1.29 is 18.7 Å². The summed E-state index contributed by atoms with van der Waals surface area (Å²) in [5.41, 5.74) is 1.75. The lowest BCUT2D eigenvalue weighted by molar-refractivity contribution is -0.141. The zero-order chi connectivity index (χ0) is 27.5. The molecule has 5 nitrogen and oxygen atoms in total. The molecule has 2 amide bonds. The Kier molecular flexibility index (Phi) is 10.8. The fourth-order valence-electron chi connectivity index (χ4n) is 4.97. The van der Waals surface area contributed by atoms with Gasteiger partial charge < -0.3 is 15.0 Å². The third-order valence-electron chi connectivity index (χ3n) is 7.11. The number of carbonyl (C=O) groups excluding carboxylic acids is 2. The maximum Gasteiger partial charge on any atom is 0.243 e. The number of benzene rings is 3. The standard InChI is InChI=1S/C32H36ClFN2O3/c33-26-15-19-29(20-16-26)39-21-7-12-31(37)36(23-25-13-17-27(34)18-14-25)30(22-24-8-3-1-4-9-24)32(38)35-28-10-5-2-6-11-28/h1,3-4,8-9,13-20,28,30H,2,5-7,10-12,21-23H2,(H,35,38)/t30-/m0/s1. The normalized spacial score (nSPS) is 14.4. The van der Waals surface area contributed by atoms with Crippen molar-refractivity contribution in [3.63, 3.8) is 0 Å². The van der Waals surface area contributed by atoms with E-state index in [1.807, 2.05) is 30.3 Å². The second kappa shape index (κ2) is 14.7. The minimum absolute atomic E-state index is 0.125. The highest BCUT2D eigenvalue weighted by Crippen LogP contribution is 2.21. The number of ether oxygens (including phenoxy) is 1. The van der Waals surface area contributed by atoms with Gasteiger partial charge in [-0.25, -0.2) is 4.39 Å². The van der Waals surface area contributed by atoms with Crippen molar-refractivity contribution in [1.29, 1.82) is 0 Å². The minimum atomic E-state index is -0.691. The van der Waals surface area contributed by atoms with Crippen LogP contribution in [0.4, 0.5) is 4.39 Å². The number of hydrogen-bond donors (Lipinski definition) is 1. The van der Waals surface area contributed by atoms with Crippen LogP contribution in [0.25, 0.3) is 0 Å². The average molecular weight is 551 g/mol. The smallest absolute Gasteiger partial charge is 0.243 e. The molecule has 1 N–H and O–H groups in total. The van der Waals surface area contributed by atoms with E-state index in [1.165, 1.54) is 18.6 Å². The Bertz CT molecular complexity index is 1180.